The number of amides is 2. The van der Waals surface area contributed by atoms with Crippen LogP contribution >= 0.6 is 0 Å². The lowest BCUT2D eigenvalue weighted by atomic mass is 10.2. The van der Waals surface area contributed by atoms with Gasteiger partial charge >= 0.3 is 6.09 Å². The highest BCUT2D eigenvalue weighted by atomic mass is 16.6. The number of hydrazine groups is 1. The third-order valence-electron chi connectivity index (χ3n) is 3.02. The van der Waals surface area contributed by atoms with Gasteiger partial charge in [-0.3, -0.25) is 10.2 Å². The average molecular weight is 409 g/mol. The van der Waals surface area contributed by atoms with Crippen molar-refractivity contribution in [1.82, 2.24) is 15.7 Å². The summed E-state index contributed by atoms with van der Waals surface area (Å²) in [6, 6.07) is 3.12. The number of anilines is 1. The summed E-state index contributed by atoms with van der Waals surface area (Å²) < 4.78 is 15.6. The molecule has 0 saturated heterocycles. The van der Waals surface area contributed by atoms with Gasteiger partial charge in [-0.15, -0.1) is 0 Å². The maximum atomic E-state index is 12.0. The maximum absolute atomic E-state index is 12.0. The highest BCUT2D eigenvalue weighted by Crippen LogP contribution is 2.07. The van der Waals surface area contributed by atoms with Gasteiger partial charge in [0.15, 0.2) is 0 Å². The Balaban J connectivity index is 2.19. The quantitative estimate of drug-likeness (QED) is 0.156. The Morgan fingerprint density at radius 1 is 1.17 bits per heavy atom. The highest BCUT2D eigenvalue weighted by Gasteiger charge is 2.15. The van der Waals surface area contributed by atoms with Crippen LogP contribution in [0.4, 0.5) is 10.6 Å². The Morgan fingerprint density at radius 2 is 1.90 bits per heavy atom. The van der Waals surface area contributed by atoms with E-state index < -0.39 is 11.7 Å². The summed E-state index contributed by atoms with van der Waals surface area (Å²) in [5.74, 6) is 0.0644. The van der Waals surface area contributed by atoms with E-state index in [1.807, 2.05) is 0 Å². The minimum atomic E-state index is -0.637. The molecular weight excluding hydrogens is 382 g/mol. The van der Waals surface area contributed by atoms with Crippen LogP contribution in [-0.2, 0) is 14.2 Å². The van der Waals surface area contributed by atoms with Crippen molar-refractivity contribution in [2.24, 2.45) is 5.11 Å². The van der Waals surface area contributed by atoms with Crippen molar-refractivity contribution in [3.05, 3.63) is 34.3 Å². The van der Waals surface area contributed by atoms with Crippen LogP contribution in [0.2, 0.25) is 0 Å². The van der Waals surface area contributed by atoms with Crippen molar-refractivity contribution in [1.29, 1.82) is 0 Å². The van der Waals surface area contributed by atoms with Gasteiger partial charge in [0.25, 0.3) is 5.91 Å². The van der Waals surface area contributed by atoms with E-state index in [9.17, 15) is 9.59 Å². The number of hydrogen-bond acceptors (Lipinski definition) is 8. The van der Waals surface area contributed by atoms with Gasteiger partial charge in [0.1, 0.15) is 11.4 Å². The van der Waals surface area contributed by atoms with Crippen molar-refractivity contribution in [2.75, 3.05) is 44.9 Å². The molecule has 3 N–H and O–H groups in total. The number of aromatic nitrogens is 1. The summed E-state index contributed by atoms with van der Waals surface area (Å²) in [6.45, 7) is 7.31. The van der Waals surface area contributed by atoms with Crippen LogP contribution in [0.15, 0.2) is 23.4 Å². The molecule has 12 nitrogen and oxygen atoms in total. The van der Waals surface area contributed by atoms with Crippen LogP contribution in [0.3, 0.4) is 0 Å². The van der Waals surface area contributed by atoms with E-state index in [1.54, 1.807) is 32.9 Å². The van der Waals surface area contributed by atoms with Crippen molar-refractivity contribution >= 4 is 17.8 Å². The zero-order valence-electron chi connectivity index (χ0n) is 16.8. The standard InChI is InChI=1S/C17H27N7O5/c1-17(2,3)29-16(26)23-22-14-5-4-13(12-20-14)15(25)19-6-8-27-10-11-28-9-7-21-24-18/h4-5,12H,6-11H2,1-3H3,(H,19,25)(H,20,22)(H,23,26). The number of nitrogens with one attached hydrogen (secondary N) is 3. The topological polar surface area (TPSA) is 160 Å². The molecule has 1 heterocycles. The normalized spacial score (nSPS) is 10.6. The van der Waals surface area contributed by atoms with Gasteiger partial charge in [0.05, 0.1) is 32.0 Å². The first-order valence-corrected chi connectivity index (χ1v) is 8.97. The molecule has 0 radical (unpaired) electrons. The van der Waals surface area contributed by atoms with E-state index >= 15 is 0 Å². The van der Waals surface area contributed by atoms with Gasteiger partial charge in [-0.1, -0.05) is 5.11 Å². The lowest BCUT2D eigenvalue weighted by Gasteiger charge is -2.19. The molecule has 0 saturated carbocycles. The van der Waals surface area contributed by atoms with Crippen LogP contribution in [0.1, 0.15) is 31.1 Å². The first kappa shape index (κ1) is 24.0. The zero-order chi connectivity index (χ0) is 21.5. The molecule has 0 aliphatic rings. The number of nitrogens with zero attached hydrogens (tertiary/aromatic N) is 4. The monoisotopic (exact) mass is 409 g/mol. The fourth-order valence-electron chi connectivity index (χ4n) is 1.83. The predicted octanol–water partition coefficient (Wildman–Crippen LogP) is 2.01. The van der Waals surface area contributed by atoms with Crippen LogP contribution in [-0.4, -0.2) is 62.1 Å². The molecule has 0 aromatic carbocycles. The van der Waals surface area contributed by atoms with Crippen LogP contribution in [0, 0.1) is 0 Å². The van der Waals surface area contributed by atoms with Gasteiger partial charge in [-0.2, -0.15) is 0 Å². The molecule has 0 aliphatic heterocycles. The number of pyridine rings is 1. The lowest BCUT2D eigenvalue weighted by Crippen LogP contribution is -2.36. The van der Waals surface area contributed by atoms with Gasteiger partial charge in [0, 0.05) is 24.2 Å². The molecule has 0 fully saturated rings. The molecule has 29 heavy (non-hydrogen) atoms. The first-order chi connectivity index (χ1) is 13.8. The molecule has 1 aromatic heterocycles. The van der Waals surface area contributed by atoms with E-state index in [2.05, 4.69) is 31.2 Å². The van der Waals surface area contributed by atoms with Crippen molar-refractivity contribution in [3.8, 4) is 0 Å². The summed E-state index contributed by atoms with van der Waals surface area (Å²) in [7, 11) is 0. The van der Waals surface area contributed by atoms with Gasteiger partial charge in [-0.25, -0.2) is 15.2 Å². The minimum Gasteiger partial charge on any atom is -0.443 e. The van der Waals surface area contributed by atoms with E-state index in [-0.39, 0.29) is 12.5 Å². The Morgan fingerprint density at radius 3 is 2.52 bits per heavy atom. The summed E-state index contributed by atoms with van der Waals surface area (Å²) in [5, 5.41) is 6.04. The van der Waals surface area contributed by atoms with Crippen molar-refractivity contribution < 1.29 is 23.8 Å². The van der Waals surface area contributed by atoms with Gasteiger partial charge in [-0.05, 0) is 38.4 Å². The second kappa shape index (κ2) is 13.2. The molecule has 1 rings (SSSR count). The Kier molecular flexibility index (Phi) is 10.9. The fraction of sp³-hybridized carbons (Fsp3) is 0.588. The molecule has 160 valence electrons. The summed E-state index contributed by atoms with van der Waals surface area (Å²) in [5.41, 5.74) is 12.8. The molecule has 1 aromatic rings. The highest BCUT2D eigenvalue weighted by molar-refractivity contribution is 5.94. The van der Waals surface area contributed by atoms with E-state index in [1.165, 1.54) is 6.20 Å². The summed E-state index contributed by atoms with van der Waals surface area (Å²) >= 11 is 0. The van der Waals surface area contributed by atoms with Gasteiger partial charge < -0.3 is 19.5 Å². The molecule has 0 spiro atoms. The van der Waals surface area contributed by atoms with Gasteiger partial charge in [0.2, 0.25) is 0 Å². The zero-order valence-corrected chi connectivity index (χ0v) is 16.8. The predicted molar refractivity (Wildman–Crippen MR) is 105 cm³/mol. The first-order valence-electron chi connectivity index (χ1n) is 8.97. The largest absolute Gasteiger partial charge is 0.443 e. The molecule has 12 heteroatoms. The Bertz CT molecular complexity index is 684. The summed E-state index contributed by atoms with van der Waals surface area (Å²) in [6.07, 6.45) is 0.745. The fourth-order valence-corrected chi connectivity index (χ4v) is 1.83. The van der Waals surface area contributed by atoms with Crippen LogP contribution in [0.25, 0.3) is 10.4 Å². The number of carbonyl (C=O) groups is 2. The smallest absolute Gasteiger partial charge is 0.426 e. The molecule has 0 atom stereocenters. The third-order valence-corrected chi connectivity index (χ3v) is 3.02. The van der Waals surface area contributed by atoms with E-state index in [0.29, 0.717) is 44.4 Å². The minimum absolute atomic E-state index is 0.284. The molecule has 0 bridgehead atoms. The molecule has 0 aliphatic carbocycles. The molecular formula is C17H27N7O5. The Labute approximate surface area is 168 Å². The lowest BCUT2D eigenvalue weighted by molar-refractivity contribution is 0.0511. The number of azide groups is 1. The van der Waals surface area contributed by atoms with E-state index in [0.717, 1.165) is 0 Å². The van der Waals surface area contributed by atoms with Crippen molar-refractivity contribution in [2.45, 2.75) is 26.4 Å². The number of rotatable bonds is 12. The molecule has 2 amide bonds. The number of hydrogen-bond donors (Lipinski definition) is 3. The van der Waals surface area contributed by atoms with Crippen molar-refractivity contribution in [3.63, 3.8) is 0 Å². The summed E-state index contributed by atoms with van der Waals surface area (Å²) in [4.78, 5) is 30.2. The van der Waals surface area contributed by atoms with E-state index in [4.69, 9.17) is 19.7 Å². The van der Waals surface area contributed by atoms with Crippen LogP contribution < -0.4 is 16.2 Å². The SMILES string of the molecule is CC(C)(C)OC(=O)NNc1ccc(C(=O)NCCOCCOCCN=[N+]=[N-])cn1. The second-order valence-corrected chi connectivity index (χ2v) is 6.62. The average Bonchev–Trinajstić information content (AvgIpc) is 2.67. The molecule has 0 unspecified atom stereocenters. The third kappa shape index (κ3) is 12.1. The Hall–Kier alpha value is -3.08. The maximum Gasteiger partial charge on any atom is 0.426 e. The number of ether oxygens (including phenoxy) is 3. The van der Waals surface area contributed by atoms with Crippen LogP contribution in [0.5, 0.6) is 0 Å². The second-order valence-electron chi connectivity index (χ2n) is 6.62. The number of carbonyl (C=O) groups excluding carboxylic acids is 2.